The van der Waals surface area contributed by atoms with Crippen molar-refractivity contribution in [3.63, 3.8) is 0 Å². The van der Waals surface area contributed by atoms with E-state index in [9.17, 15) is 9.59 Å². The quantitative estimate of drug-likeness (QED) is 0.154. The van der Waals surface area contributed by atoms with E-state index < -0.39 is 12.1 Å². The van der Waals surface area contributed by atoms with Crippen molar-refractivity contribution >= 4 is 23.9 Å². The Kier molecular flexibility index (Phi) is 9.44. The Morgan fingerprint density at radius 2 is 1.35 bits per heavy atom. The number of carboxylic acids is 1. The molecular weight excluding hydrogens is 498 g/mol. The molecule has 4 rings (SSSR count). The first kappa shape index (κ1) is 28.3. The molecule has 0 aliphatic carbocycles. The lowest BCUT2D eigenvalue weighted by Crippen LogP contribution is -2.20. The van der Waals surface area contributed by atoms with Crippen LogP contribution in [0, 0.1) is 5.92 Å². The number of carboxylic acid groups (broad SMARTS) is 1. The summed E-state index contributed by atoms with van der Waals surface area (Å²) in [6.07, 6.45) is 4.01. The van der Waals surface area contributed by atoms with Crippen LogP contribution in [0.5, 0.6) is 5.75 Å². The summed E-state index contributed by atoms with van der Waals surface area (Å²) in [6.45, 7) is 4.15. The van der Waals surface area contributed by atoms with E-state index in [0.717, 1.165) is 33.9 Å². The molecule has 0 heterocycles. The van der Waals surface area contributed by atoms with Gasteiger partial charge in [0, 0.05) is 23.2 Å². The summed E-state index contributed by atoms with van der Waals surface area (Å²) in [7, 11) is 0. The molecular formula is C35H33NO4. The van der Waals surface area contributed by atoms with Gasteiger partial charge in [-0.3, -0.25) is 4.79 Å². The highest BCUT2D eigenvalue weighted by Gasteiger charge is 2.24. The summed E-state index contributed by atoms with van der Waals surface area (Å²) < 4.78 is 6.23. The van der Waals surface area contributed by atoms with Crippen LogP contribution in [0.1, 0.15) is 58.6 Å². The van der Waals surface area contributed by atoms with E-state index in [-0.39, 0.29) is 17.7 Å². The van der Waals surface area contributed by atoms with Crippen LogP contribution in [0.2, 0.25) is 0 Å². The van der Waals surface area contributed by atoms with Crippen LogP contribution in [-0.4, -0.2) is 16.9 Å². The van der Waals surface area contributed by atoms with Crippen LogP contribution < -0.4 is 10.5 Å². The smallest absolute Gasteiger partial charge is 0.328 e. The van der Waals surface area contributed by atoms with E-state index in [1.54, 1.807) is 18.2 Å². The minimum Gasteiger partial charge on any atom is -0.478 e. The lowest BCUT2D eigenvalue weighted by molar-refractivity contribution is -0.131. The predicted molar refractivity (Wildman–Crippen MR) is 160 cm³/mol. The summed E-state index contributed by atoms with van der Waals surface area (Å²) in [6, 6.07) is 33.8. The zero-order valence-electron chi connectivity index (χ0n) is 22.6. The third-order valence-electron chi connectivity index (χ3n) is 6.92. The third kappa shape index (κ3) is 7.43. The van der Waals surface area contributed by atoms with Gasteiger partial charge in [0.25, 0.3) is 0 Å². The molecule has 4 aromatic carbocycles. The van der Waals surface area contributed by atoms with Gasteiger partial charge in [-0.25, -0.2) is 4.79 Å². The molecule has 0 spiro atoms. The summed E-state index contributed by atoms with van der Waals surface area (Å²) in [5.74, 6) is -0.399. The van der Waals surface area contributed by atoms with E-state index in [1.165, 1.54) is 0 Å². The second-order valence-electron chi connectivity index (χ2n) is 9.75. The monoisotopic (exact) mass is 531 g/mol. The number of ether oxygens (including phenoxy) is 1. The molecule has 3 N–H and O–H groups in total. The van der Waals surface area contributed by atoms with Gasteiger partial charge in [0.05, 0.1) is 0 Å². The number of benzene rings is 4. The number of carbonyl (C=O) groups excluding carboxylic acids is 1. The van der Waals surface area contributed by atoms with Crippen molar-refractivity contribution < 1.29 is 19.4 Å². The summed E-state index contributed by atoms with van der Waals surface area (Å²) in [5.41, 5.74) is 11.9. The minimum absolute atomic E-state index is 0.0716. The zero-order valence-corrected chi connectivity index (χ0v) is 22.6. The third-order valence-corrected chi connectivity index (χ3v) is 6.92. The molecule has 3 atom stereocenters. The van der Waals surface area contributed by atoms with E-state index >= 15 is 0 Å². The van der Waals surface area contributed by atoms with Crippen LogP contribution >= 0.6 is 0 Å². The van der Waals surface area contributed by atoms with Crippen LogP contribution in [0.4, 0.5) is 0 Å². The van der Waals surface area contributed by atoms with Gasteiger partial charge in [0.1, 0.15) is 5.75 Å². The van der Waals surface area contributed by atoms with Gasteiger partial charge >= 0.3 is 5.97 Å². The molecule has 0 saturated carbocycles. The highest BCUT2D eigenvalue weighted by Crippen LogP contribution is 2.29. The number of hydrogen-bond acceptors (Lipinski definition) is 4. The number of Topliss-reactive ketones (excluding diaryl/α,β-unsaturated/α-hetero) is 1. The number of ketones is 1. The maximum absolute atomic E-state index is 13.3. The van der Waals surface area contributed by atoms with Crippen LogP contribution in [-0.2, 0) is 4.79 Å². The number of carbonyl (C=O) groups is 2. The van der Waals surface area contributed by atoms with Crippen LogP contribution in [0.3, 0.4) is 0 Å². The Hall–Kier alpha value is -4.74. The van der Waals surface area contributed by atoms with Gasteiger partial charge < -0.3 is 15.6 Å². The van der Waals surface area contributed by atoms with Crippen molar-refractivity contribution in [2.45, 2.75) is 26.0 Å². The molecule has 5 nitrogen and oxygen atoms in total. The van der Waals surface area contributed by atoms with E-state index in [4.69, 9.17) is 15.6 Å². The van der Waals surface area contributed by atoms with E-state index in [1.807, 2.05) is 97.1 Å². The Morgan fingerprint density at radius 1 is 0.775 bits per heavy atom. The fourth-order valence-corrected chi connectivity index (χ4v) is 4.40. The molecule has 0 saturated heterocycles. The second kappa shape index (κ2) is 13.4. The highest BCUT2D eigenvalue weighted by molar-refractivity contribution is 6.00. The highest BCUT2D eigenvalue weighted by atomic mass is 16.5. The molecule has 0 radical (unpaired) electrons. The first-order valence-electron chi connectivity index (χ1n) is 13.2. The number of rotatable bonds is 11. The molecule has 4 aromatic rings. The normalized spacial score (nSPS) is 13.9. The molecule has 202 valence electrons. The molecule has 0 amide bonds. The molecule has 0 aliphatic rings. The van der Waals surface area contributed by atoms with Crippen LogP contribution in [0.25, 0.3) is 12.2 Å². The van der Waals surface area contributed by atoms with Crippen molar-refractivity contribution in [1.82, 2.24) is 0 Å². The number of hydrogen-bond donors (Lipinski definition) is 2. The lowest BCUT2D eigenvalue weighted by Gasteiger charge is -2.22. The molecule has 0 aliphatic heterocycles. The fourth-order valence-electron chi connectivity index (χ4n) is 4.40. The van der Waals surface area contributed by atoms with Gasteiger partial charge in [-0.2, -0.15) is 0 Å². The number of nitrogens with two attached hydrogens (primary N) is 1. The van der Waals surface area contributed by atoms with Crippen LogP contribution in [0.15, 0.2) is 121 Å². The summed E-state index contributed by atoms with van der Waals surface area (Å²) in [5, 5.41) is 8.80. The van der Waals surface area contributed by atoms with Gasteiger partial charge in [0.2, 0.25) is 5.78 Å². The average Bonchev–Trinajstić information content (AvgIpc) is 2.99. The Morgan fingerprint density at radius 3 is 1.95 bits per heavy atom. The van der Waals surface area contributed by atoms with E-state index in [0.29, 0.717) is 11.3 Å². The standard InChI is InChI=1S/C35H33NO4/c1-24(25(2)33(36)28-18-13-26(14-19-28)17-22-32(37)38)23-27-15-20-31(21-16-27)40-35(30-11-7-4-8-12-30)34(39)29-9-5-3-6-10-29/h3-23,25,33,35H,36H2,1-2H3,(H,37,38). The molecule has 0 bridgehead atoms. The van der Waals surface area contributed by atoms with Gasteiger partial charge in [-0.05, 0) is 47.7 Å². The topological polar surface area (TPSA) is 89.6 Å². The van der Waals surface area contributed by atoms with Crippen molar-refractivity contribution in [2.75, 3.05) is 0 Å². The second-order valence-corrected chi connectivity index (χ2v) is 9.75. The summed E-state index contributed by atoms with van der Waals surface area (Å²) >= 11 is 0. The lowest BCUT2D eigenvalue weighted by atomic mass is 9.88. The molecule has 40 heavy (non-hydrogen) atoms. The predicted octanol–water partition coefficient (Wildman–Crippen LogP) is 7.53. The Labute approximate surface area is 235 Å². The Balaban J connectivity index is 1.46. The van der Waals surface area contributed by atoms with Crippen molar-refractivity contribution in [3.05, 3.63) is 149 Å². The van der Waals surface area contributed by atoms with Gasteiger partial charge in [-0.15, -0.1) is 0 Å². The van der Waals surface area contributed by atoms with Crippen molar-refractivity contribution in [1.29, 1.82) is 0 Å². The fraction of sp³-hybridized carbons (Fsp3) is 0.143. The first-order chi connectivity index (χ1) is 19.3. The SMILES string of the molecule is CC(=Cc1ccc(OC(C(=O)c2ccccc2)c2ccccc2)cc1)C(C)C(N)c1ccc(C=CC(=O)O)cc1. The largest absolute Gasteiger partial charge is 0.478 e. The molecule has 3 unspecified atom stereocenters. The van der Waals surface area contributed by atoms with Gasteiger partial charge in [-0.1, -0.05) is 116 Å². The van der Waals surface area contributed by atoms with Crippen molar-refractivity contribution in [3.8, 4) is 5.75 Å². The maximum atomic E-state index is 13.3. The van der Waals surface area contributed by atoms with Crippen molar-refractivity contribution in [2.24, 2.45) is 11.7 Å². The Bertz CT molecular complexity index is 1470. The summed E-state index contributed by atoms with van der Waals surface area (Å²) in [4.78, 5) is 24.1. The first-order valence-corrected chi connectivity index (χ1v) is 13.2. The minimum atomic E-state index is -0.980. The molecule has 0 fully saturated rings. The average molecular weight is 532 g/mol. The molecule has 5 heteroatoms. The van der Waals surface area contributed by atoms with E-state index in [2.05, 4.69) is 19.9 Å². The maximum Gasteiger partial charge on any atom is 0.328 e. The number of aliphatic carboxylic acids is 1. The van der Waals surface area contributed by atoms with Gasteiger partial charge in [0.15, 0.2) is 6.10 Å². The molecule has 0 aromatic heterocycles. The zero-order chi connectivity index (χ0) is 28.5.